The highest BCUT2D eigenvalue weighted by atomic mass is 32.1. The molecule has 2 atom stereocenters. The van der Waals surface area contributed by atoms with Gasteiger partial charge in [-0.2, -0.15) is 11.3 Å². The van der Waals surface area contributed by atoms with E-state index in [9.17, 15) is 9.90 Å². The molecular weight excluding hydrogens is 310 g/mol. The zero-order valence-electron chi connectivity index (χ0n) is 13.2. The number of nitrogens with one attached hydrogen (secondary N) is 2. The van der Waals surface area contributed by atoms with Gasteiger partial charge in [-0.25, -0.2) is 4.79 Å². The number of hydrogen-bond acceptors (Lipinski definition) is 4. The molecular formula is C17H23N3O2S. The average molecular weight is 333 g/mol. The van der Waals surface area contributed by atoms with Crippen LogP contribution in [0.4, 0.5) is 4.79 Å². The van der Waals surface area contributed by atoms with Gasteiger partial charge in [0.1, 0.15) is 5.75 Å². The standard InChI is InChI=1S/C17H23N3O2S/c1-12(8-14-6-7-23-11-14)20-17(22)19-10-15(18)9-13-2-4-16(21)5-3-13/h2-7,11-12,15,21H,8-10,18H2,1H3,(H2,19,20,22). The summed E-state index contributed by atoms with van der Waals surface area (Å²) in [7, 11) is 0. The lowest BCUT2D eigenvalue weighted by Gasteiger charge is -2.16. The number of hydrogen-bond donors (Lipinski definition) is 4. The molecule has 2 amide bonds. The fraction of sp³-hybridized carbons (Fsp3) is 0.353. The van der Waals surface area contributed by atoms with Crippen LogP contribution in [0.2, 0.25) is 0 Å². The van der Waals surface area contributed by atoms with Gasteiger partial charge in [-0.15, -0.1) is 0 Å². The molecule has 1 heterocycles. The number of thiophene rings is 1. The smallest absolute Gasteiger partial charge is 0.315 e. The fourth-order valence-corrected chi connectivity index (χ4v) is 3.00. The Balaban J connectivity index is 1.67. The second kappa shape index (κ2) is 8.55. The highest BCUT2D eigenvalue weighted by Crippen LogP contribution is 2.11. The monoisotopic (exact) mass is 333 g/mol. The van der Waals surface area contributed by atoms with Crippen LogP contribution >= 0.6 is 11.3 Å². The Bertz CT molecular complexity index is 599. The summed E-state index contributed by atoms with van der Waals surface area (Å²) in [6, 6.07) is 8.69. The van der Waals surface area contributed by atoms with Gasteiger partial charge in [0, 0.05) is 18.6 Å². The van der Waals surface area contributed by atoms with E-state index in [-0.39, 0.29) is 23.9 Å². The second-order valence-electron chi connectivity index (χ2n) is 5.72. The van der Waals surface area contributed by atoms with Gasteiger partial charge in [0.05, 0.1) is 0 Å². The van der Waals surface area contributed by atoms with Crippen LogP contribution in [0.3, 0.4) is 0 Å². The average Bonchev–Trinajstić information content (AvgIpc) is 3.00. The molecule has 0 saturated carbocycles. The van der Waals surface area contributed by atoms with Gasteiger partial charge in [0.25, 0.3) is 0 Å². The first kappa shape index (κ1) is 17.3. The van der Waals surface area contributed by atoms with E-state index in [4.69, 9.17) is 5.73 Å². The van der Waals surface area contributed by atoms with Gasteiger partial charge < -0.3 is 21.5 Å². The van der Waals surface area contributed by atoms with E-state index >= 15 is 0 Å². The molecule has 124 valence electrons. The number of phenols is 1. The van der Waals surface area contributed by atoms with Crippen LogP contribution in [0, 0.1) is 0 Å². The van der Waals surface area contributed by atoms with E-state index in [1.54, 1.807) is 23.5 Å². The third-order valence-electron chi connectivity index (χ3n) is 3.46. The molecule has 0 aliphatic heterocycles. The molecule has 0 saturated heterocycles. The van der Waals surface area contributed by atoms with Crippen molar-refractivity contribution in [1.29, 1.82) is 0 Å². The molecule has 2 unspecified atom stereocenters. The van der Waals surface area contributed by atoms with Crippen molar-refractivity contribution in [3.63, 3.8) is 0 Å². The van der Waals surface area contributed by atoms with Gasteiger partial charge in [0.2, 0.25) is 0 Å². The van der Waals surface area contributed by atoms with Crippen molar-refractivity contribution in [2.45, 2.75) is 31.8 Å². The van der Waals surface area contributed by atoms with Crippen molar-refractivity contribution in [2.24, 2.45) is 5.73 Å². The third-order valence-corrected chi connectivity index (χ3v) is 4.19. The summed E-state index contributed by atoms with van der Waals surface area (Å²) in [6.45, 7) is 2.38. The van der Waals surface area contributed by atoms with Crippen LogP contribution in [0.15, 0.2) is 41.1 Å². The minimum absolute atomic E-state index is 0.0675. The molecule has 6 heteroatoms. The van der Waals surface area contributed by atoms with E-state index in [2.05, 4.69) is 22.1 Å². The van der Waals surface area contributed by atoms with Crippen LogP contribution in [-0.2, 0) is 12.8 Å². The number of benzene rings is 1. The third kappa shape index (κ3) is 6.30. The summed E-state index contributed by atoms with van der Waals surface area (Å²) in [5.41, 5.74) is 8.29. The topological polar surface area (TPSA) is 87.4 Å². The number of phenolic OH excluding ortho intramolecular Hbond substituents is 1. The van der Waals surface area contributed by atoms with Crippen LogP contribution < -0.4 is 16.4 Å². The first-order chi connectivity index (χ1) is 11.0. The Kier molecular flexibility index (Phi) is 6.43. The van der Waals surface area contributed by atoms with E-state index in [1.807, 2.05) is 24.4 Å². The predicted octanol–water partition coefficient (Wildman–Crippen LogP) is 2.25. The molecule has 0 bridgehead atoms. The fourth-order valence-electron chi connectivity index (χ4n) is 2.32. The molecule has 1 aromatic carbocycles. The van der Waals surface area contributed by atoms with Gasteiger partial charge in [-0.05, 0) is 59.9 Å². The first-order valence-corrected chi connectivity index (χ1v) is 8.56. The lowest BCUT2D eigenvalue weighted by atomic mass is 10.1. The Morgan fingerprint density at radius 1 is 1.22 bits per heavy atom. The Morgan fingerprint density at radius 2 is 1.96 bits per heavy atom. The number of carbonyl (C=O) groups excluding carboxylic acids is 1. The molecule has 0 radical (unpaired) electrons. The van der Waals surface area contributed by atoms with Crippen LogP contribution in [-0.4, -0.2) is 29.8 Å². The summed E-state index contributed by atoms with van der Waals surface area (Å²) >= 11 is 1.66. The molecule has 1 aromatic heterocycles. The summed E-state index contributed by atoms with van der Waals surface area (Å²) in [6.07, 6.45) is 1.46. The molecule has 0 fully saturated rings. The number of rotatable bonds is 7. The number of urea groups is 1. The van der Waals surface area contributed by atoms with E-state index in [1.165, 1.54) is 5.56 Å². The molecule has 0 spiro atoms. The van der Waals surface area contributed by atoms with E-state index in [0.29, 0.717) is 13.0 Å². The maximum Gasteiger partial charge on any atom is 0.315 e. The van der Waals surface area contributed by atoms with Crippen LogP contribution in [0.1, 0.15) is 18.1 Å². The summed E-state index contributed by atoms with van der Waals surface area (Å²) in [5.74, 6) is 0.236. The van der Waals surface area contributed by atoms with Crippen LogP contribution in [0.25, 0.3) is 0 Å². The number of nitrogens with two attached hydrogens (primary N) is 1. The highest BCUT2D eigenvalue weighted by molar-refractivity contribution is 7.07. The van der Waals surface area contributed by atoms with Crippen molar-refractivity contribution < 1.29 is 9.90 Å². The van der Waals surface area contributed by atoms with Crippen molar-refractivity contribution >= 4 is 17.4 Å². The quantitative estimate of drug-likeness (QED) is 0.627. The summed E-state index contributed by atoms with van der Waals surface area (Å²) in [5, 5.41) is 19.1. The minimum atomic E-state index is -0.200. The maximum absolute atomic E-state index is 11.9. The zero-order valence-corrected chi connectivity index (χ0v) is 14.0. The minimum Gasteiger partial charge on any atom is -0.508 e. The summed E-state index contributed by atoms with van der Waals surface area (Å²) < 4.78 is 0. The molecule has 0 aliphatic rings. The van der Waals surface area contributed by atoms with Crippen molar-refractivity contribution in [3.8, 4) is 5.75 Å². The Labute approximate surface area is 140 Å². The predicted molar refractivity (Wildman–Crippen MR) is 93.8 cm³/mol. The highest BCUT2D eigenvalue weighted by Gasteiger charge is 2.10. The maximum atomic E-state index is 11.9. The van der Waals surface area contributed by atoms with Gasteiger partial charge in [0.15, 0.2) is 0 Å². The lowest BCUT2D eigenvalue weighted by molar-refractivity contribution is 0.237. The van der Waals surface area contributed by atoms with Crippen molar-refractivity contribution in [1.82, 2.24) is 10.6 Å². The van der Waals surface area contributed by atoms with E-state index < -0.39 is 0 Å². The second-order valence-corrected chi connectivity index (χ2v) is 6.50. The molecule has 0 aliphatic carbocycles. The molecule has 5 nitrogen and oxygen atoms in total. The lowest BCUT2D eigenvalue weighted by Crippen LogP contribution is -2.46. The van der Waals surface area contributed by atoms with Crippen LogP contribution in [0.5, 0.6) is 5.75 Å². The van der Waals surface area contributed by atoms with Gasteiger partial charge in [-0.3, -0.25) is 0 Å². The molecule has 5 N–H and O–H groups in total. The number of aromatic hydroxyl groups is 1. The molecule has 23 heavy (non-hydrogen) atoms. The Morgan fingerprint density at radius 3 is 2.61 bits per heavy atom. The number of amides is 2. The van der Waals surface area contributed by atoms with Crippen molar-refractivity contribution in [2.75, 3.05) is 6.54 Å². The summed E-state index contributed by atoms with van der Waals surface area (Å²) in [4.78, 5) is 11.9. The molecule has 2 aromatic rings. The van der Waals surface area contributed by atoms with E-state index in [0.717, 1.165) is 12.0 Å². The van der Waals surface area contributed by atoms with Gasteiger partial charge >= 0.3 is 6.03 Å². The SMILES string of the molecule is CC(Cc1ccsc1)NC(=O)NCC(N)Cc1ccc(O)cc1. The van der Waals surface area contributed by atoms with Crippen molar-refractivity contribution in [3.05, 3.63) is 52.2 Å². The zero-order chi connectivity index (χ0) is 16.7. The normalized spacial score (nSPS) is 13.3. The molecule has 2 rings (SSSR count). The number of carbonyl (C=O) groups is 1. The largest absolute Gasteiger partial charge is 0.508 e. The first-order valence-electron chi connectivity index (χ1n) is 7.62. The van der Waals surface area contributed by atoms with Gasteiger partial charge in [-0.1, -0.05) is 12.1 Å². The Hall–Kier alpha value is -2.05.